The molecule has 0 aliphatic carbocycles. The van der Waals surface area contributed by atoms with E-state index in [-0.39, 0.29) is 20.6 Å². The number of rotatable bonds is 1. The number of sulfonamides is 1. The summed E-state index contributed by atoms with van der Waals surface area (Å²) in [7, 11) is -3.84. The minimum atomic E-state index is -3.84. The summed E-state index contributed by atoms with van der Waals surface area (Å²) >= 11 is 11.2. The zero-order valence-corrected chi connectivity index (χ0v) is 8.62. The van der Waals surface area contributed by atoms with Gasteiger partial charge in [-0.05, 0) is 12.1 Å². The van der Waals surface area contributed by atoms with Gasteiger partial charge in [0.25, 0.3) is 0 Å². The molecule has 0 heterocycles. The Balaban J connectivity index is 3.50. The summed E-state index contributed by atoms with van der Waals surface area (Å²) in [5.41, 5.74) is 5.59. The van der Waals surface area contributed by atoms with Gasteiger partial charge in [0, 0.05) is 0 Å². The van der Waals surface area contributed by atoms with Gasteiger partial charge < -0.3 is 5.73 Å². The van der Waals surface area contributed by atoms with E-state index >= 15 is 0 Å². The molecule has 4 N–H and O–H groups in total. The van der Waals surface area contributed by atoms with Crippen LogP contribution < -0.4 is 10.9 Å². The quantitative estimate of drug-likeness (QED) is 0.725. The fraction of sp³-hybridized carbons (Fsp3) is 0. The summed E-state index contributed by atoms with van der Waals surface area (Å²) in [6, 6.07) is 2.36. The molecule has 1 aromatic rings. The van der Waals surface area contributed by atoms with E-state index in [9.17, 15) is 8.42 Å². The van der Waals surface area contributed by atoms with Crippen molar-refractivity contribution in [3.63, 3.8) is 0 Å². The predicted molar refractivity (Wildman–Crippen MR) is 52.2 cm³/mol. The van der Waals surface area contributed by atoms with Crippen molar-refractivity contribution in [3.8, 4) is 0 Å². The smallest absolute Gasteiger partial charge is 0.239 e. The maximum absolute atomic E-state index is 10.9. The molecule has 0 aromatic heterocycles. The molecule has 0 saturated carbocycles. The number of hydrogen-bond acceptors (Lipinski definition) is 3. The van der Waals surface area contributed by atoms with E-state index in [1.165, 1.54) is 6.07 Å². The Morgan fingerprint density at radius 2 is 1.69 bits per heavy atom. The van der Waals surface area contributed by atoms with E-state index in [2.05, 4.69) is 0 Å². The molecule has 0 amide bonds. The maximum Gasteiger partial charge on any atom is 0.239 e. The van der Waals surface area contributed by atoms with Crippen molar-refractivity contribution in [3.05, 3.63) is 22.2 Å². The Bertz CT molecular complexity index is 444. The van der Waals surface area contributed by atoms with Gasteiger partial charge in [0.15, 0.2) is 0 Å². The fourth-order valence-corrected chi connectivity index (χ4v) is 2.10. The van der Waals surface area contributed by atoms with Crippen molar-refractivity contribution in [2.24, 2.45) is 5.14 Å². The van der Waals surface area contributed by atoms with Gasteiger partial charge in [-0.3, -0.25) is 0 Å². The van der Waals surface area contributed by atoms with Crippen LogP contribution in [-0.2, 0) is 10.0 Å². The number of halogens is 2. The van der Waals surface area contributed by atoms with Gasteiger partial charge in [-0.2, -0.15) is 0 Å². The average molecular weight is 241 g/mol. The Morgan fingerprint density at radius 3 is 2.15 bits per heavy atom. The molecular formula is C6H6Cl2N2O2S. The fourth-order valence-electron chi connectivity index (χ4n) is 0.762. The molecule has 0 radical (unpaired) electrons. The minimum Gasteiger partial charge on any atom is -0.397 e. The van der Waals surface area contributed by atoms with E-state index in [0.717, 1.165) is 6.07 Å². The topological polar surface area (TPSA) is 86.2 Å². The standard InChI is InChI=1S/C6H6Cl2N2O2S/c7-3-2-6(13(10,11)12)4(8)1-5(3)9/h1-2H,9H2,(H2,10,11,12). The van der Waals surface area contributed by atoms with Crippen molar-refractivity contribution in [1.29, 1.82) is 0 Å². The van der Waals surface area contributed by atoms with Crippen LogP contribution in [0.2, 0.25) is 10.0 Å². The summed E-state index contributed by atoms with van der Waals surface area (Å²) in [6.07, 6.45) is 0. The first kappa shape index (κ1) is 10.6. The van der Waals surface area contributed by atoms with E-state index in [1.807, 2.05) is 0 Å². The zero-order valence-electron chi connectivity index (χ0n) is 6.29. The highest BCUT2D eigenvalue weighted by Crippen LogP contribution is 2.29. The average Bonchev–Trinajstić information content (AvgIpc) is 1.94. The lowest BCUT2D eigenvalue weighted by Gasteiger charge is -2.04. The van der Waals surface area contributed by atoms with Crippen molar-refractivity contribution in [2.45, 2.75) is 4.90 Å². The molecule has 1 aromatic carbocycles. The number of hydrogen-bond donors (Lipinski definition) is 2. The van der Waals surface area contributed by atoms with E-state index < -0.39 is 10.0 Å². The normalized spacial score (nSPS) is 11.6. The van der Waals surface area contributed by atoms with Crippen LogP contribution in [0.15, 0.2) is 17.0 Å². The lowest BCUT2D eigenvalue weighted by molar-refractivity contribution is 0.598. The molecule has 0 aliphatic heterocycles. The molecule has 0 bridgehead atoms. The van der Waals surface area contributed by atoms with E-state index in [1.54, 1.807) is 0 Å². The Labute approximate surface area is 85.5 Å². The molecule has 0 fully saturated rings. The number of nitrogens with two attached hydrogens (primary N) is 2. The first-order valence-electron chi connectivity index (χ1n) is 3.09. The number of anilines is 1. The number of primary sulfonamides is 1. The van der Waals surface area contributed by atoms with Crippen molar-refractivity contribution in [1.82, 2.24) is 0 Å². The molecule has 0 atom stereocenters. The second-order valence-electron chi connectivity index (χ2n) is 2.35. The van der Waals surface area contributed by atoms with Crippen molar-refractivity contribution >= 4 is 38.9 Å². The van der Waals surface area contributed by atoms with Crippen molar-refractivity contribution < 1.29 is 8.42 Å². The SMILES string of the molecule is Nc1cc(Cl)c(S(N)(=O)=O)cc1Cl. The summed E-state index contributed by atoms with van der Waals surface area (Å²) in [5.74, 6) is 0. The second kappa shape index (κ2) is 3.34. The van der Waals surface area contributed by atoms with Crippen LogP contribution in [0.1, 0.15) is 0 Å². The largest absolute Gasteiger partial charge is 0.397 e. The third kappa shape index (κ3) is 2.25. The molecule has 13 heavy (non-hydrogen) atoms. The Morgan fingerprint density at radius 1 is 1.15 bits per heavy atom. The number of benzene rings is 1. The van der Waals surface area contributed by atoms with Gasteiger partial charge in [-0.1, -0.05) is 23.2 Å². The lowest BCUT2D eigenvalue weighted by Crippen LogP contribution is -2.12. The third-order valence-corrected chi connectivity index (χ3v) is 3.06. The molecule has 4 nitrogen and oxygen atoms in total. The van der Waals surface area contributed by atoms with Gasteiger partial charge in [0.05, 0.1) is 15.7 Å². The zero-order chi connectivity index (χ0) is 10.2. The third-order valence-electron chi connectivity index (χ3n) is 1.36. The van der Waals surface area contributed by atoms with Gasteiger partial charge in [-0.15, -0.1) is 0 Å². The first-order chi connectivity index (χ1) is 5.82. The minimum absolute atomic E-state index is 0.0376. The first-order valence-corrected chi connectivity index (χ1v) is 5.40. The van der Waals surface area contributed by atoms with Gasteiger partial charge in [0.2, 0.25) is 10.0 Å². The molecule has 1 rings (SSSR count). The predicted octanol–water partition coefficient (Wildman–Crippen LogP) is 1.22. The van der Waals surface area contributed by atoms with Crippen LogP contribution in [0.25, 0.3) is 0 Å². The van der Waals surface area contributed by atoms with Crippen molar-refractivity contribution in [2.75, 3.05) is 5.73 Å². The molecule has 72 valence electrons. The van der Waals surface area contributed by atoms with Crippen LogP contribution in [0.5, 0.6) is 0 Å². The van der Waals surface area contributed by atoms with Gasteiger partial charge in [0.1, 0.15) is 4.90 Å². The Kier molecular flexibility index (Phi) is 2.72. The monoisotopic (exact) mass is 240 g/mol. The van der Waals surface area contributed by atoms with Crippen LogP contribution in [-0.4, -0.2) is 8.42 Å². The second-order valence-corrected chi connectivity index (χ2v) is 4.69. The lowest BCUT2D eigenvalue weighted by atomic mass is 10.3. The maximum atomic E-state index is 10.9. The highest BCUT2D eigenvalue weighted by Gasteiger charge is 2.14. The van der Waals surface area contributed by atoms with Crippen LogP contribution >= 0.6 is 23.2 Å². The van der Waals surface area contributed by atoms with E-state index in [0.29, 0.717) is 0 Å². The molecule has 0 spiro atoms. The summed E-state index contributed by atoms with van der Waals surface area (Å²) < 4.78 is 21.8. The number of nitrogen functional groups attached to an aromatic ring is 1. The van der Waals surface area contributed by atoms with Crippen LogP contribution in [0.3, 0.4) is 0 Å². The molecule has 0 aliphatic rings. The molecule has 0 saturated heterocycles. The van der Waals surface area contributed by atoms with Gasteiger partial charge in [-0.25, -0.2) is 13.6 Å². The molecule has 0 unspecified atom stereocenters. The summed E-state index contributed by atoms with van der Waals surface area (Å²) in [4.78, 5) is -0.228. The highest BCUT2D eigenvalue weighted by molar-refractivity contribution is 7.89. The summed E-state index contributed by atoms with van der Waals surface area (Å²) in [5, 5.41) is 4.93. The van der Waals surface area contributed by atoms with E-state index in [4.69, 9.17) is 34.1 Å². The summed E-state index contributed by atoms with van der Waals surface area (Å²) in [6.45, 7) is 0. The van der Waals surface area contributed by atoms with Gasteiger partial charge >= 0.3 is 0 Å². The molecule has 7 heteroatoms. The Hall–Kier alpha value is -0.490. The van der Waals surface area contributed by atoms with Crippen LogP contribution in [0, 0.1) is 0 Å². The van der Waals surface area contributed by atoms with Crippen LogP contribution in [0.4, 0.5) is 5.69 Å². The molecular weight excluding hydrogens is 235 g/mol. The highest BCUT2D eigenvalue weighted by atomic mass is 35.5.